The van der Waals surface area contributed by atoms with E-state index < -0.39 is 11.0 Å². The van der Waals surface area contributed by atoms with Gasteiger partial charge in [0.2, 0.25) is 11.2 Å². The highest BCUT2D eigenvalue weighted by Gasteiger charge is 2.32. The molecule has 0 bridgehead atoms. The van der Waals surface area contributed by atoms with E-state index in [1.165, 1.54) is 0 Å². The molecule has 3 aromatic rings. The van der Waals surface area contributed by atoms with E-state index >= 15 is 0 Å². The molecule has 2 N–H and O–H groups in total. The summed E-state index contributed by atoms with van der Waals surface area (Å²) in [5.74, 6) is 0.416. The van der Waals surface area contributed by atoms with Crippen LogP contribution in [0.15, 0.2) is 27.4 Å². The van der Waals surface area contributed by atoms with Gasteiger partial charge >= 0.3 is 0 Å². The van der Waals surface area contributed by atoms with Crippen LogP contribution in [-0.4, -0.2) is 21.4 Å². The maximum Gasteiger partial charge on any atom is 0.204 e. The van der Waals surface area contributed by atoms with Crippen molar-refractivity contribution in [2.75, 3.05) is 0 Å². The van der Waals surface area contributed by atoms with Crippen molar-refractivity contribution in [3.63, 3.8) is 0 Å². The fraction of sp³-hybridized carbons (Fsp3) is 0.348. The van der Waals surface area contributed by atoms with Gasteiger partial charge in [-0.1, -0.05) is 6.08 Å². The molecular formula is C23H22O6. The summed E-state index contributed by atoms with van der Waals surface area (Å²) < 4.78 is 17.8. The van der Waals surface area contributed by atoms with Crippen LogP contribution in [0.4, 0.5) is 0 Å². The Labute approximate surface area is 167 Å². The molecule has 0 amide bonds. The second-order valence-corrected chi connectivity index (χ2v) is 8.93. The Bertz CT molecular complexity index is 1290. The molecule has 0 unspecified atom stereocenters. The smallest absolute Gasteiger partial charge is 0.204 e. The Kier molecular flexibility index (Phi) is 3.38. The number of hydrogen-bond donors (Lipinski definition) is 2. The lowest BCUT2D eigenvalue weighted by atomic mass is 9.92. The molecule has 0 saturated heterocycles. The van der Waals surface area contributed by atoms with Gasteiger partial charge in [-0.2, -0.15) is 0 Å². The summed E-state index contributed by atoms with van der Waals surface area (Å²) in [6, 6.07) is 3.25. The van der Waals surface area contributed by atoms with Gasteiger partial charge in [0.25, 0.3) is 0 Å². The molecule has 6 heteroatoms. The van der Waals surface area contributed by atoms with E-state index in [9.17, 15) is 15.0 Å². The third-order valence-corrected chi connectivity index (χ3v) is 5.64. The van der Waals surface area contributed by atoms with Crippen LogP contribution >= 0.6 is 0 Å². The Morgan fingerprint density at radius 3 is 2.55 bits per heavy atom. The van der Waals surface area contributed by atoms with Gasteiger partial charge in [-0.25, -0.2) is 0 Å². The Balaban J connectivity index is 1.85. The van der Waals surface area contributed by atoms with E-state index in [2.05, 4.69) is 0 Å². The van der Waals surface area contributed by atoms with Crippen LogP contribution in [0.5, 0.6) is 23.0 Å². The van der Waals surface area contributed by atoms with Gasteiger partial charge < -0.3 is 24.1 Å². The number of benzene rings is 2. The van der Waals surface area contributed by atoms with Crippen LogP contribution in [0.2, 0.25) is 0 Å². The van der Waals surface area contributed by atoms with Crippen LogP contribution in [0, 0.1) is 0 Å². The zero-order chi connectivity index (χ0) is 20.7. The number of rotatable bonds is 0. The Hall–Kier alpha value is -3.15. The third-order valence-electron chi connectivity index (χ3n) is 5.64. The lowest BCUT2D eigenvalue weighted by Gasteiger charge is -2.33. The number of fused-ring (bicyclic) bond motifs is 4. The largest absolute Gasteiger partial charge is 0.507 e. The average Bonchev–Trinajstić information content (AvgIpc) is 2.62. The van der Waals surface area contributed by atoms with Crippen LogP contribution in [0.1, 0.15) is 45.2 Å². The number of phenolic OH excluding ortho intramolecular Hbond substituents is 2. The monoisotopic (exact) mass is 394 g/mol. The van der Waals surface area contributed by atoms with Crippen molar-refractivity contribution in [2.24, 2.45) is 0 Å². The molecule has 3 heterocycles. The molecule has 29 heavy (non-hydrogen) atoms. The summed E-state index contributed by atoms with van der Waals surface area (Å²) >= 11 is 0. The zero-order valence-corrected chi connectivity index (χ0v) is 16.8. The number of hydrogen-bond acceptors (Lipinski definition) is 6. The van der Waals surface area contributed by atoms with Crippen LogP contribution < -0.4 is 14.9 Å². The molecule has 2 aromatic carbocycles. The minimum Gasteiger partial charge on any atom is -0.507 e. The van der Waals surface area contributed by atoms with Gasteiger partial charge in [0.05, 0.1) is 5.39 Å². The topological polar surface area (TPSA) is 89.1 Å². The van der Waals surface area contributed by atoms with Crippen molar-refractivity contribution in [3.05, 3.63) is 39.6 Å². The van der Waals surface area contributed by atoms with Crippen LogP contribution in [-0.2, 0) is 6.42 Å². The highest BCUT2D eigenvalue weighted by atomic mass is 16.5. The maximum atomic E-state index is 13.3. The molecule has 1 aromatic heterocycles. The summed E-state index contributed by atoms with van der Waals surface area (Å²) in [7, 11) is 0. The van der Waals surface area contributed by atoms with Crippen molar-refractivity contribution >= 4 is 28.0 Å². The van der Waals surface area contributed by atoms with E-state index in [1.54, 1.807) is 12.1 Å². The summed E-state index contributed by atoms with van der Waals surface area (Å²) in [4.78, 5) is 13.3. The second kappa shape index (κ2) is 5.47. The molecule has 5 rings (SSSR count). The summed E-state index contributed by atoms with van der Waals surface area (Å²) in [6.45, 7) is 7.68. The van der Waals surface area contributed by atoms with Gasteiger partial charge in [-0.15, -0.1) is 0 Å². The molecule has 150 valence electrons. The van der Waals surface area contributed by atoms with Crippen molar-refractivity contribution in [3.8, 4) is 23.0 Å². The Morgan fingerprint density at radius 2 is 1.79 bits per heavy atom. The lowest BCUT2D eigenvalue weighted by molar-refractivity contribution is 0.0839. The first-order valence-corrected chi connectivity index (χ1v) is 9.65. The van der Waals surface area contributed by atoms with Gasteiger partial charge in [0.15, 0.2) is 11.3 Å². The first kappa shape index (κ1) is 17.9. The van der Waals surface area contributed by atoms with Crippen LogP contribution in [0.25, 0.3) is 28.0 Å². The summed E-state index contributed by atoms with van der Waals surface area (Å²) in [5, 5.41) is 21.9. The number of aromatic hydroxyl groups is 2. The maximum absolute atomic E-state index is 13.3. The van der Waals surface area contributed by atoms with E-state index in [-0.39, 0.29) is 44.8 Å². The van der Waals surface area contributed by atoms with Gasteiger partial charge in [-0.05, 0) is 52.7 Å². The second-order valence-electron chi connectivity index (χ2n) is 8.93. The molecule has 0 aliphatic carbocycles. The first-order chi connectivity index (χ1) is 13.6. The minimum absolute atomic E-state index is 0.0294. The normalized spacial score (nSPS) is 18.8. The van der Waals surface area contributed by atoms with Crippen molar-refractivity contribution < 1.29 is 24.1 Å². The third kappa shape index (κ3) is 2.58. The molecule has 0 spiro atoms. The SMILES string of the molecule is CC1(C)C=Cc2cc3c(=O)c4c(O)c5c(cc4oc3c(O)c2O1)OC(C)(C)CC5. The van der Waals surface area contributed by atoms with Crippen molar-refractivity contribution in [1.82, 2.24) is 0 Å². The van der Waals surface area contributed by atoms with Gasteiger partial charge in [0.1, 0.15) is 33.7 Å². The predicted octanol–water partition coefficient (Wildman–Crippen LogP) is 4.65. The van der Waals surface area contributed by atoms with E-state index in [0.29, 0.717) is 23.3 Å². The first-order valence-electron chi connectivity index (χ1n) is 9.65. The van der Waals surface area contributed by atoms with E-state index in [1.807, 2.05) is 39.8 Å². The van der Waals surface area contributed by atoms with Crippen LogP contribution in [0.3, 0.4) is 0 Å². The number of ether oxygens (including phenoxy) is 2. The molecule has 2 aliphatic heterocycles. The highest BCUT2D eigenvalue weighted by Crippen LogP contribution is 2.46. The Morgan fingerprint density at radius 1 is 1.03 bits per heavy atom. The highest BCUT2D eigenvalue weighted by molar-refractivity contribution is 5.99. The molecule has 6 nitrogen and oxygen atoms in total. The fourth-order valence-electron chi connectivity index (χ4n) is 4.06. The number of phenols is 2. The summed E-state index contributed by atoms with van der Waals surface area (Å²) in [6.07, 6.45) is 4.99. The van der Waals surface area contributed by atoms with Crippen molar-refractivity contribution in [1.29, 1.82) is 0 Å². The molecule has 0 atom stereocenters. The zero-order valence-electron chi connectivity index (χ0n) is 16.8. The molecule has 0 fully saturated rings. The standard InChI is InChI=1S/C23H22O6/c1-22(2)8-6-12-14(28-22)10-15-16(17(12)24)18(25)13-9-11-5-7-23(3,4)29-20(11)19(26)21(13)27-15/h5,7,9-10,24,26H,6,8H2,1-4H3. The quantitative estimate of drug-likeness (QED) is 0.540. The average molecular weight is 394 g/mol. The van der Waals surface area contributed by atoms with E-state index in [0.717, 1.165) is 6.42 Å². The molecule has 2 aliphatic rings. The van der Waals surface area contributed by atoms with Crippen molar-refractivity contribution in [2.45, 2.75) is 51.7 Å². The lowest BCUT2D eigenvalue weighted by Crippen LogP contribution is -2.32. The molecular weight excluding hydrogens is 372 g/mol. The minimum atomic E-state index is -0.591. The van der Waals surface area contributed by atoms with Gasteiger partial charge in [-0.3, -0.25) is 4.79 Å². The molecule has 0 saturated carbocycles. The fourth-order valence-corrected chi connectivity index (χ4v) is 4.06. The summed E-state index contributed by atoms with van der Waals surface area (Å²) in [5.41, 5.74) is 0.0180. The predicted molar refractivity (Wildman–Crippen MR) is 110 cm³/mol. The van der Waals surface area contributed by atoms with E-state index in [4.69, 9.17) is 13.9 Å². The molecule has 0 radical (unpaired) electrons. The van der Waals surface area contributed by atoms with Gasteiger partial charge in [0, 0.05) is 17.2 Å².